The molecule has 4 fully saturated rings. The number of aliphatic hydroxyl groups excluding tert-OH is 3. The van der Waals surface area contributed by atoms with Gasteiger partial charge in [0.25, 0.3) is 0 Å². The van der Waals surface area contributed by atoms with Crippen LogP contribution in [0.3, 0.4) is 0 Å². The van der Waals surface area contributed by atoms with Crippen molar-refractivity contribution in [3.05, 3.63) is 96.1 Å². The second-order valence-corrected chi connectivity index (χ2v) is 13.3. The average Bonchev–Trinajstić information content (AvgIpc) is 3.52. The Morgan fingerprint density at radius 1 is 0.820 bits per heavy atom. The zero-order valence-electron chi connectivity index (χ0n) is 27.1. The van der Waals surface area contributed by atoms with Gasteiger partial charge in [-0.3, -0.25) is 9.59 Å². The van der Waals surface area contributed by atoms with Crippen LogP contribution < -0.4 is 0 Å². The molecule has 0 amide bonds. The third kappa shape index (κ3) is 7.18. The van der Waals surface area contributed by atoms with Gasteiger partial charge in [-0.05, 0) is 53.3 Å². The van der Waals surface area contributed by atoms with Crippen LogP contribution >= 0.6 is 0 Å². The fourth-order valence-electron chi connectivity index (χ4n) is 7.32. The number of aromatic hydroxyl groups is 2. The first-order valence-electron chi connectivity index (χ1n) is 16.3. The normalized spacial score (nSPS) is 33.6. The molecule has 266 valence electrons. The van der Waals surface area contributed by atoms with Crippen molar-refractivity contribution >= 4 is 17.9 Å². The van der Waals surface area contributed by atoms with Crippen molar-refractivity contribution in [2.45, 2.75) is 74.7 Å². The Morgan fingerprint density at radius 3 is 2.04 bits per heavy atom. The molecule has 2 aromatic carbocycles. The summed E-state index contributed by atoms with van der Waals surface area (Å²) in [5.41, 5.74) is 2.61. The summed E-state index contributed by atoms with van der Waals surface area (Å²) < 4.78 is 29.0. The number of benzene rings is 2. The number of phenolic OH excluding ortho intramolecular Hbond substituents is 2. The van der Waals surface area contributed by atoms with Gasteiger partial charge in [-0.15, -0.1) is 0 Å². The minimum absolute atomic E-state index is 0.0471. The number of phenols is 2. The summed E-state index contributed by atoms with van der Waals surface area (Å²) in [5.74, 6) is -3.20. The molecule has 50 heavy (non-hydrogen) atoms. The summed E-state index contributed by atoms with van der Waals surface area (Å²) in [6.45, 7) is 12.0. The van der Waals surface area contributed by atoms with Gasteiger partial charge in [-0.1, -0.05) is 49.6 Å². The van der Waals surface area contributed by atoms with Gasteiger partial charge in [-0.2, -0.15) is 0 Å². The van der Waals surface area contributed by atoms with Gasteiger partial charge < -0.3 is 49.2 Å². The predicted octanol–water partition coefficient (Wildman–Crippen LogP) is 1.78. The zero-order valence-corrected chi connectivity index (χ0v) is 27.1. The van der Waals surface area contributed by atoms with Gasteiger partial charge in [0.1, 0.15) is 54.7 Å². The lowest BCUT2D eigenvalue weighted by Crippen LogP contribution is -2.60. The fourth-order valence-corrected chi connectivity index (χ4v) is 7.32. The molecule has 5 N–H and O–H groups in total. The number of carbonyl (C=O) groups is 3. The van der Waals surface area contributed by atoms with E-state index in [9.17, 15) is 39.9 Å². The third-order valence-corrected chi connectivity index (χ3v) is 9.97. The number of hydrogen-bond acceptors (Lipinski definition) is 13. The van der Waals surface area contributed by atoms with Crippen LogP contribution in [0.1, 0.15) is 24.0 Å². The number of carbonyl (C=O) groups excluding carboxylic acids is 3. The van der Waals surface area contributed by atoms with E-state index in [4.69, 9.17) is 23.7 Å². The summed E-state index contributed by atoms with van der Waals surface area (Å²) in [6.07, 6.45) is -9.63. The number of esters is 3. The maximum Gasteiger partial charge on any atom is 0.334 e. The molecule has 2 aromatic rings. The molecule has 0 bridgehead atoms. The fraction of sp³-hybridized carbons (Fsp3) is 0.432. The highest BCUT2D eigenvalue weighted by Crippen LogP contribution is 2.53. The molecule has 13 heteroatoms. The molecule has 13 nitrogen and oxygen atoms in total. The first-order valence-corrected chi connectivity index (χ1v) is 16.3. The van der Waals surface area contributed by atoms with Crippen LogP contribution in [0.2, 0.25) is 0 Å². The van der Waals surface area contributed by atoms with Gasteiger partial charge in [0.2, 0.25) is 0 Å². The molecule has 0 unspecified atom stereocenters. The molecule has 4 aliphatic rings. The highest BCUT2D eigenvalue weighted by molar-refractivity contribution is 5.91. The van der Waals surface area contributed by atoms with Crippen molar-refractivity contribution < 1.29 is 63.6 Å². The quantitative estimate of drug-likeness (QED) is 0.110. The number of aliphatic hydroxyl groups is 3. The molecular formula is C37H40O13. The lowest BCUT2D eigenvalue weighted by Gasteiger charge is -2.41. The summed E-state index contributed by atoms with van der Waals surface area (Å²) in [6, 6.07) is 12.2. The molecule has 2 aliphatic heterocycles. The Bertz CT molecular complexity index is 1650. The number of fused-ring (bicyclic) bond motifs is 3. The topological polar surface area (TPSA) is 199 Å². The number of ether oxygens (including phenoxy) is 5. The van der Waals surface area contributed by atoms with Crippen molar-refractivity contribution in [2.75, 3.05) is 6.61 Å². The van der Waals surface area contributed by atoms with Crippen LogP contribution in [0.4, 0.5) is 0 Å². The summed E-state index contributed by atoms with van der Waals surface area (Å²) >= 11 is 0. The Balaban J connectivity index is 1.12. The van der Waals surface area contributed by atoms with Crippen LogP contribution in [0, 0.1) is 17.8 Å². The molecule has 2 saturated carbocycles. The highest BCUT2D eigenvalue weighted by atomic mass is 16.7. The van der Waals surface area contributed by atoms with Crippen molar-refractivity contribution in [2.24, 2.45) is 17.8 Å². The van der Waals surface area contributed by atoms with E-state index in [1.165, 1.54) is 24.3 Å². The van der Waals surface area contributed by atoms with Crippen LogP contribution in [-0.4, -0.2) is 99.1 Å². The Labute approximate surface area is 288 Å². The van der Waals surface area contributed by atoms with Gasteiger partial charge in [-0.25, -0.2) is 4.79 Å². The van der Waals surface area contributed by atoms with E-state index in [2.05, 4.69) is 19.7 Å². The number of rotatable bonds is 9. The average molecular weight is 693 g/mol. The summed E-state index contributed by atoms with van der Waals surface area (Å²) in [5, 5.41) is 51.0. The molecule has 6 rings (SSSR count). The molecular weight excluding hydrogens is 652 g/mol. The minimum Gasteiger partial charge on any atom is -0.508 e. The monoisotopic (exact) mass is 692 g/mol. The lowest BCUT2D eigenvalue weighted by molar-refractivity contribution is -0.308. The van der Waals surface area contributed by atoms with E-state index in [-0.39, 0.29) is 42.3 Å². The molecule has 0 spiro atoms. The first-order chi connectivity index (χ1) is 23.8. The van der Waals surface area contributed by atoms with Crippen LogP contribution in [0.5, 0.6) is 11.5 Å². The van der Waals surface area contributed by atoms with Gasteiger partial charge in [0.05, 0.1) is 24.9 Å². The summed E-state index contributed by atoms with van der Waals surface area (Å²) in [7, 11) is 0. The lowest BCUT2D eigenvalue weighted by atomic mass is 9.81. The Kier molecular flexibility index (Phi) is 10.1. The van der Waals surface area contributed by atoms with Crippen LogP contribution in [0.15, 0.2) is 85.0 Å². The summed E-state index contributed by atoms with van der Waals surface area (Å²) in [4.78, 5) is 38.3. The standard InChI is InChI=1S/C37H40O13/c1-17-12-26(47-29(41)14-21-6-10-23(39)11-7-21)31-19(3)36(45)50-35(31)30-18(2)25(15-24(17)30)48-37-34(44)33(43)32(42)27(49-37)16-46-28(40)13-20-4-8-22(38)9-5-20/h4-11,24-27,30-35,37-39,42-44H,1-3,12-16H2/t24-,25+,26-,27-,30-,31+,32+,33+,34-,35-,37+/m1/s1. The number of hydrogen-bond donors (Lipinski definition) is 5. The van der Waals surface area contributed by atoms with E-state index < -0.39 is 85.4 Å². The SMILES string of the molecule is C=C1C(=O)O[C@H]2[C@@H]1[C@H](OC(=O)Cc1ccc(O)cc1)CC(=C)[C@H]1C[C@H](O[C@H]3O[C@H](COC(=O)Cc4ccc(O)cc4)[C@H](O)[C@H](O)[C@H]3O)C(=C)[C@@H]21. The smallest absolute Gasteiger partial charge is 0.334 e. The molecule has 2 heterocycles. The van der Waals surface area contributed by atoms with Crippen molar-refractivity contribution in [1.29, 1.82) is 0 Å². The van der Waals surface area contributed by atoms with E-state index in [0.29, 0.717) is 28.7 Å². The molecule has 0 aromatic heterocycles. The van der Waals surface area contributed by atoms with Crippen LogP contribution in [0.25, 0.3) is 0 Å². The van der Waals surface area contributed by atoms with Crippen molar-refractivity contribution in [1.82, 2.24) is 0 Å². The maximum absolute atomic E-state index is 13.0. The molecule has 2 saturated heterocycles. The second kappa shape index (κ2) is 14.4. The Hall–Kier alpha value is -4.53. The zero-order chi connectivity index (χ0) is 35.9. The van der Waals surface area contributed by atoms with E-state index in [1.54, 1.807) is 24.3 Å². The van der Waals surface area contributed by atoms with Crippen molar-refractivity contribution in [3.63, 3.8) is 0 Å². The first kappa shape index (κ1) is 35.3. The van der Waals surface area contributed by atoms with Crippen LogP contribution in [-0.2, 0) is 50.9 Å². The predicted molar refractivity (Wildman–Crippen MR) is 173 cm³/mol. The molecule has 11 atom stereocenters. The second-order valence-electron chi connectivity index (χ2n) is 13.3. The van der Waals surface area contributed by atoms with E-state index in [1.807, 2.05) is 0 Å². The van der Waals surface area contributed by atoms with Gasteiger partial charge >= 0.3 is 17.9 Å². The minimum atomic E-state index is -1.69. The molecule has 2 aliphatic carbocycles. The third-order valence-electron chi connectivity index (χ3n) is 9.97. The highest BCUT2D eigenvalue weighted by Gasteiger charge is 2.58. The molecule has 0 radical (unpaired) electrons. The van der Waals surface area contributed by atoms with Gasteiger partial charge in [0.15, 0.2) is 6.29 Å². The van der Waals surface area contributed by atoms with E-state index in [0.717, 1.165) is 0 Å². The maximum atomic E-state index is 13.0. The Morgan fingerprint density at radius 2 is 1.42 bits per heavy atom. The largest absolute Gasteiger partial charge is 0.508 e. The van der Waals surface area contributed by atoms with Crippen molar-refractivity contribution in [3.8, 4) is 11.5 Å². The van der Waals surface area contributed by atoms with Gasteiger partial charge in [0, 0.05) is 17.9 Å². The van der Waals surface area contributed by atoms with E-state index >= 15 is 0 Å².